The van der Waals surface area contributed by atoms with Gasteiger partial charge in [0.1, 0.15) is 60.2 Å². The quantitative estimate of drug-likeness (QED) is 0.228. The highest BCUT2D eigenvalue weighted by Gasteiger charge is 2.51. The van der Waals surface area contributed by atoms with Gasteiger partial charge in [-0.15, -0.1) is 0 Å². The number of cyclic esters (lactones) is 1. The van der Waals surface area contributed by atoms with E-state index in [2.05, 4.69) is 16.0 Å². The van der Waals surface area contributed by atoms with Gasteiger partial charge in [-0.3, -0.25) is 47.9 Å². The summed E-state index contributed by atoms with van der Waals surface area (Å²) in [5, 5.41) is 8.41. The second-order valence-corrected chi connectivity index (χ2v) is 27.6. The summed E-state index contributed by atoms with van der Waals surface area (Å²) >= 11 is 0. The molecule has 23 nitrogen and oxygen atoms in total. The Hall–Kier alpha value is -6.81. The second-order valence-electron chi connectivity index (χ2n) is 27.6. The minimum Gasteiger partial charge on any atom is -0.497 e. The van der Waals surface area contributed by atoms with Gasteiger partial charge in [0, 0.05) is 48.2 Å². The summed E-state index contributed by atoms with van der Waals surface area (Å²) in [6, 6.07) is -3.42. The van der Waals surface area contributed by atoms with Gasteiger partial charge in [-0.25, -0.2) is 4.79 Å². The van der Waals surface area contributed by atoms with Crippen molar-refractivity contribution in [3.8, 4) is 5.75 Å². The first-order valence-corrected chi connectivity index (χ1v) is 32.9. The Kier molecular flexibility index (Phi) is 25.3. The molecular formula is C67H105N9O14. The van der Waals surface area contributed by atoms with Gasteiger partial charge >= 0.3 is 11.9 Å². The van der Waals surface area contributed by atoms with E-state index in [9.17, 15) is 38.4 Å². The first-order valence-electron chi connectivity index (χ1n) is 32.9. The van der Waals surface area contributed by atoms with Crippen LogP contribution in [0, 0.1) is 53.3 Å². The predicted octanol–water partition coefficient (Wildman–Crippen LogP) is 4.60. The first-order chi connectivity index (χ1) is 42.4. The van der Waals surface area contributed by atoms with Crippen molar-refractivity contribution in [3.63, 3.8) is 0 Å². The predicted molar refractivity (Wildman–Crippen MR) is 336 cm³/mol. The number of nitrogens with zero attached hydrogens (tertiary/aromatic N) is 6. The lowest BCUT2D eigenvalue weighted by atomic mass is 9.55. The maximum Gasteiger partial charge on any atom is 0.329 e. The van der Waals surface area contributed by atoms with Crippen molar-refractivity contribution in [1.82, 2.24) is 45.3 Å². The highest BCUT2D eigenvalue weighted by atomic mass is 16.6. The van der Waals surface area contributed by atoms with E-state index in [0.29, 0.717) is 48.8 Å². The van der Waals surface area contributed by atoms with E-state index in [1.807, 2.05) is 13.8 Å². The lowest BCUT2D eigenvalue weighted by Crippen LogP contribution is -2.63. The molecule has 1 aromatic rings. The third kappa shape index (κ3) is 16.6. The van der Waals surface area contributed by atoms with Crippen LogP contribution in [0.1, 0.15) is 152 Å². The van der Waals surface area contributed by atoms with Crippen molar-refractivity contribution < 1.29 is 67.0 Å². The molecule has 502 valence electrons. The Morgan fingerprint density at radius 2 is 1.13 bits per heavy atom. The van der Waals surface area contributed by atoms with Crippen LogP contribution in [0.25, 0.3) is 0 Å². The molecule has 3 N–H and O–H groups in total. The number of esters is 2. The normalized spacial score (nSPS) is 31.2. The number of ether oxygens (including phenoxy) is 3. The lowest BCUT2D eigenvalue weighted by molar-refractivity contribution is -0.174. The number of hydrogen-bond acceptors (Lipinski definition) is 14. The van der Waals surface area contributed by atoms with Gasteiger partial charge in [0.05, 0.1) is 20.1 Å². The third-order valence-electron chi connectivity index (χ3n) is 20.2. The number of carbonyl (C=O) groups is 11. The van der Waals surface area contributed by atoms with Gasteiger partial charge in [0.25, 0.3) is 5.91 Å². The summed E-state index contributed by atoms with van der Waals surface area (Å²) in [4.78, 5) is 171. The van der Waals surface area contributed by atoms with Crippen molar-refractivity contribution in [2.45, 2.75) is 214 Å². The summed E-state index contributed by atoms with van der Waals surface area (Å²) in [6.45, 7) is 18.5. The number of piperidine rings is 1. The van der Waals surface area contributed by atoms with Crippen LogP contribution >= 0.6 is 0 Å². The highest BCUT2D eigenvalue weighted by Crippen LogP contribution is 2.54. The van der Waals surface area contributed by atoms with Crippen molar-refractivity contribution in [1.29, 1.82) is 0 Å². The number of carbonyl (C=O) groups excluding carboxylic acids is 11. The molecule has 2 saturated heterocycles. The molecule has 0 radical (unpaired) electrons. The molecule has 4 aliphatic carbocycles. The molecule has 0 spiro atoms. The zero-order valence-electron chi connectivity index (χ0n) is 56.6. The Balaban J connectivity index is 1.42. The zero-order chi connectivity index (χ0) is 66.9. The van der Waals surface area contributed by atoms with Crippen LogP contribution in [0.5, 0.6) is 5.75 Å². The summed E-state index contributed by atoms with van der Waals surface area (Å²) in [5.41, 5.74) is 0.591. The average Bonchev–Trinajstić information content (AvgIpc) is 0.802. The molecule has 2 heterocycles. The fraction of sp³-hybridized carbons (Fsp3) is 0.746. The van der Waals surface area contributed by atoms with Crippen LogP contribution in [0.3, 0.4) is 0 Å². The molecule has 4 bridgehead atoms. The average molecular weight is 1260 g/mol. The van der Waals surface area contributed by atoms with Gasteiger partial charge in [0.15, 0.2) is 6.10 Å². The Morgan fingerprint density at radius 3 is 1.68 bits per heavy atom. The number of amides is 9. The Bertz CT molecular complexity index is 2730. The summed E-state index contributed by atoms with van der Waals surface area (Å²) in [5.74, 6) is -8.46. The Morgan fingerprint density at radius 1 is 0.600 bits per heavy atom. The van der Waals surface area contributed by atoms with E-state index in [0.717, 1.165) is 30.6 Å². The topological polar surface area (TPSA) is 271 Å². The van der Waals surface area contributed by atoms with Gasteiger partial charge in [-0.05, 0) is 129 Å². The summed E-state index contributed by atoms with van der Waals surface area (Å²) in [7, 11) is 8.64. The zero-order valence-corrected chi connectivity index (χ0v) is 56.6. The van der Waals surface area contributed by atoms with E-state index >= 15 is 14.4 Å². The molecule has 9 amide bonds. The van der Waals surface area contributed by atoms with Crippen LogP contribution < -0.4 is 20.7 Å². The molecule has 1 aromatic carbocycles. The number of likely N-dealkylation sites (N-methyl/N-ethyl adjacent to an activating group) is 5. The molecule has 7 rings (SSSR count). The molecule has 90 heavy (non-hydrogen) atoms. The van der Waals surface area contributed by atoms with Gasteiger partial charge < -0.3 is 59.6 Å². The van der Waals surface area contributed by atoms with Crippen LogP contribution in [-0.4, -0.2) is 210 Å². The number of nitrogens with one attached hydrogen (secondary N) is 3. The fourth-order valence-corrected chi connectivity index (χ4v) is 14.9. The van der Waals surface area contributed by atoms with E-state index in [1.54, 1.807) is 79.7 Å². The molecule has 23 heteroatoms. The molecule has 0 unspecified atom stereocenters. The van der Waals surface area contributed by atoms with E-state index in [4.69, 9.17) is 14.2 Å². The van der Waals surface area contributed by atoms with Crippen LogP contribution in [0.4, 0.5) is 0 Å². The molecule has 4 saturated carbocycles. The van der Waals surface area contributed by atoms with Crippen molar-refractivity contribution >= 4 is 65.1 Å². The van der Waals surface area contributed by atoms with E-state index in [1.165, 1.54) is 80.2 Å². The minimum absolute atomic E-state index is 0.107. The number of fused-ring (bicyclic) bond motifs is 1. The highest BCUT2D eigenvalue weighted by molar-refractivity contribution is 5.99. The smallest absolute Gasteiger partial charge is 0.329 e. The fourth-order valence-electron chi connectivity index (χ4n) is 14.9. The van der Waals surface area contributed by atoms with E-state index in [-0.39, 0.29) is 37.3 Å². The second kappa shape index (κ2) is 31.5. The van der Waals surface area contributed by atoms with Gasteiger partial charge in [0.2, 0.25) is 47.3 Å². The lowest BCUT2D eigenvalue weighted by Gasteiger charge is -2.53. The van der Waals surface area contributed by atoms with Crippen molar-refractivity contribution in [2.75, 3.05) is 55.4 Å². The molecule has 6 fully saturated rings. The maximum atomic E-state index is 15.6. The standard InChI is InChI=1S/C67H105N9O14/c1-18-39(9)56-59(79)68-35-51(77)72(13)54(37(5)6)60(80)69-48(33-42-23-25-47(88-17)26-24-42)67(87)89-41(11)62(82)76-27-21-20-22-49(76)63(83)73(14)55(38(7)8)61(81)70-53(36(3)4)65(85)71(12)50(64(84)75(16)57(40(10)19-2)66(86)74(56)15)34-52(78)90-58-45-29-43-28-44(31-45)32-46(58)30-43/h23-26,36-41,43-46,48-50,53-58H,18-22,27-35H2,1-17H3,(H,68,79)(H,69,80)(H,70,81)/t39-,40-,41+,43?,44?,45?,46?,48-,49-,50-,53-,54-,55-,56-,57-,58?/m0/s1. The third-order valence-corrected chi connectivity index (χ3v) is 20.2. The summed E-state index contributed by atoms with van der Waals surface area (Å²) < 4.78 is 17.6. The maximum absolute atomic E-state index is 15.6. The number of rotatable bonds is 13. The monoisotopic (exact) mass is 1260 g/mol. The molecule has 0 aromatic heterocycles. The van der Waals surface area contributed by atoms with E-state index < -0.39 is 162 Å². The molecular weight excluding hydrogens is 1150 g/mol. The largest absolute Gasteiger partial charge is 0.497 e. The SMILES string of the molecule is CC[C@H](C)[C@H]1C(=O)NCC(=O)N(C)[C@@H](C(C)C)C(=O)N[C@@H](Cc2ccc(OC)cc2)C(=O)O[C@H](C)C(=O)N2CCCC[C@H]2C(=O)N(C)[C@@H](C(C)C)C(=O)N[C@@H](C(C)C)C(=O)N(C)[C@@H](CC(=O)OC2C3CC4CC(C3)CC2C4)C(=O)N(C)[C@@H]([C@@H](C)CC)C(=O)N1C. The van der Waals surface area contributed by atoms with Crippen LogP contribution in [-0.2, 0) is 68.6 Å². The molecule has 11 atom stereocenters. The van der Waals surface area contributed by atoms with Crippen LogP contribution in [0.2, 0.25) is 0 Å². The first kappa shape index (κ1) is 72.3. The number of hydrogen-bond donors (Lipinski definition) is 3. The summed E-state index contributed by atoms with van der Waals surface area (Å²) in [6.07, 6.45) is 4.59. The minimum atomic E-state index is -1.55. The van der Waals surface area contributed by atoms with Gasteiger partial charge in [-0.1, -0.05) is 94.2 Å². The number of benzene rings is 1. The van der Waals surface area contributed by atoms with Crippen molar-refractivity contribution in [2.24, 2.45) is 53.3 Å². The Labute approximate surface area is 533 Å². The van der Waals surface area contributed by atoms with Crippen molar-refractivity contribution in [3.05, 3.63) is 29.8 Å². The van der Waals surface area contributed by atoms with Gasteiger partial charge in [-0.2, -0.15) is 0 Å². The molecule has 2 aliphatic heterocycles. The van der Waals surface area contributed by atoms with Crippen LogP contribution in [0.15, 0.2) is 24.3 Å². The number of methoxy groups -OCH3 is 1. The molecule has 6 aliphatic rings.